The van der Waals surface area contributed by atoms with Gasteiger partial charge in [-0.2, -0.15) is 0 Å². The van der Waals surface area contributed by atoms with E-state index < -0.39 is 23.3 Å². The van der Waals surface area contributed by atoms with Crippen LogP contribution in [0.15, 0.2) is 24.3 Å². The topological polar surface area (TPSA) is 65.0 Å². The first-order valence-electron chi connectivity index (χ1n) is 7.44. The molecule has 22 heavy (non-hydrogen) atoms. The number of benzene rings is 1. The summed E-state index contributed by atoms with van der Waals surface area (Å²) in [5, 5.41) is 10.0. The van der Waals surface area contributed by atoms with Gasteiger partial charge in [-0.15, -0.1) is 0 Å². The van der Waals surface area contributed by atoms with E-state index in [9.17, 15) is 9.90 Å². The van der Waals surface area contributed by atoms with Crippen LogP contribution in [0.3, 0.4) is 0 Å². The predicted octanol–water partition coefficient (Wildman–Crippen LogP) is 1.98. The molecule has 0 aromatic heterocycles. The highest BCUT2D eigenvalue weighted by Crippen LogP contribution is 2.29. The first kappa shape index (κ1) is 16.9. The summed E-state index contributed by atoms with van der Waals surface area (Å²) in [6.07, 6.45) is -1.02. The van der Waals surface area contributed by atoms with Gasteiger partial charge >= 0.3 is 5.97 Å². The standard InChI is InChI=1S/C17H24O5/c1-12-6-5-7-14(8-12)9-20-15(19)17(13(2)18)11-21-16(3,4)10-22-17/h5-8,13,18H,9-11H2,1-4H3. The molecule has 0 radical (unpaired) electrons. The van der Waals surface area contributed by atoms with Crippen molar-refractivity contribution < 1.29 is 24.1 Å². The van der Waals surface area contributed by atoms with Crippen LogP contribution in [0, 0.1) is 6.92 Å². The van der Waals surface area contributed by atoms with E-state index in [4.69, 9.17) is 14.2 Å². The van der Waals surface area contributed by atoms with Gasteiger partial charge in [-0.1, -0.05) is 29.8 Å². The quantitative estimate of drug-likeness (QED) is 0.862. The third-order valence-corrected chi connectivity index (χ3v) is 3.83. The molecule has 1 saturated heterocycles. The van der Waals surface area contributed by atoms with Crippen LogP contribution in [0.25, 0.3) is 0 Å². The highest BCUT2D eigenvalue weighted by Gasteiger charge is 2.51. The smallest absolute Gasteiger partial charge is 0.343 e. The van der Waals surface area contributed by atoms with Gasteiger partial charge in [-0.05, 0) is 33.3 Å². The van der Waals surface area contributed by atoms with Gasteiger partial charge in [0.2, 0.25) is 5.60 Å². The first-order chi connectivity index (χ1) is 10.3. The normalized spacial score (nSPS) is 25.5. The molecule has 5 nitrogen and oxygen atoms in total. The van der Waals surface area contributed by atoms with Crippen LogP contribution >= 0.6 is 0 Å². The van der Waals surface area contributed by atoms with Gasteiger partial charge < -0.3 is 19.3 Å². The molecule has 1 N–H and O–H groups in total. The molecule has 0 amide bonds. The van der Waals surface area contributed by atoms with Crippen LogP contribution in [-0.4, -0.2) is 41.6 Å². The van der Waals surface area contributed by atoms with Crippen LogP contribution in [0.5, 0.6) is 0 Å². The summed E-state index contributed by atoms with van der Waals surface area (Å²) in [5.74, 6) is -0.598. The van der Waals surface area contributed by atoms with Crippen molar-refractivity contribution in [2.24, 2.45) is 0 Å². The minimum Gasteiger partial charge on any atom is -0.459 e. The van der Waals surface area contributed by atoms with E-state index in [-0.39, 0.29) is 19.8 Å². The van der Waals surface area contributed by atoms with Gasteiger partial charge in [0.05, 0.1) is 24.9 Å². The zero-order valence-corrected chi connectivity index (χ0v) is 13.6. The molecule has 0 saturated carbocycles. The van der Waals surface area contributed by atoms with Crippen molar-refractivity contribution in [3.8, 4) is 0 Å². The average molecular weight is 308 g/mol. The number of aliphatic hydroxyl groups excluding tert-OH is 1. The molecule has 1 fully saturated rings. The number of ether oxygens (including phenoxy) is 3. The van der Waals surface area contributed by atoms with Crippen LogP contribution in [0.4, 0.5) is 0 Å². The lowest BCUT2D eigenvalue weighted by Crippen LogP contribution is -2.61. The second-order valence-corrected chi connectivity index (χ2v) is 6.47. The Balaban J connectivity index is 2.05. The molecular weight excluding hydrogens is 284 g/mol. The Kier molecular flexibility index (Phi) is 4.90. The summed E-state index contributed by atoms with van der Waals surface area (Å²) >= 11 is 0. The molecule has 1 aromatic carbocycles. The van der Waals surface area contributed by atoms with Crippen LogP contribution in [-0.2, 0) is 25.6 Å². The fourth-order valence-electron chi connectivity index (χ4n) is 2.29. The molecule has 1 aliphatic heterocycles. The third-order valence-electron chi connectivity index (χ3n) is 3.83. The molecule has 5 heteroatoms. The number of aryl methyl sites for hydroxylation is 1. The van der Waals surface area contributed by atoms with Gasteiger partial charge in [-0.3, -0.25) is 0 Å². The number of carbonyl (C=O) groups is 1. The lowest BCUT2D eigenvalue weighted by Gasteiger charge is -2.43. The van der Waals surface area contributed by atoms with E-state index in [1.165, 1.54) is 6.92 Å². The van der Waals surface area contributed by atoms with Crippen LogP contribution < -0.4 is 0 Å². The van der Waals surface area contributed by atoms with Crippen molar-refractivity contribution in [2.75, 3.05) is 13.2 Å². The Morgan fingerprint density at radius 3 is 2.64 bits per heavy atom. The lowest BCUT2D eigenvalue weighted by atomic mass is 9.95. The molecule has 0 aliphatic carbocycles. The Morgan fingerprint density at radius 1 is 1.36 bits per heavy atom. The Labute approximate surface area is 131 Å². The highest BCUT2D eigenvalue weighted by atomic mass is 16.6. The van der Waals surface area contributed by atoms with E-state index in [2.05, 4.69) is 0 Å². The summed E-state index contributed by atoms with van der Waals surface area (Å²) < 4.78 is 16.7. The molecule has 2 rings (SSSR count). The van der Waals surface area contributed by atoms with Crippen molar-refractivity contribution in [2.45, 2.75) is 51.6 Å². The van der Waals surface area contributed by atoms with E-state index in [1.54, 1.807) is 0 Å². The molecule has 2 unspecified atom stereocenters. The number of hydrogen-bond acceptors (Lipinski definition) is 5. The average Bonchev–Trinajstić information content (AvgIpc) is 2.45. The Bertz CT molecular complexity index is 526. The maximum Gasteiger partial charge on any atom is 0.343 e. The molecule has 1 aromatic rings. The minimum atomic E-state index is -1.46. The Hall–Kier alpha value is -1.43. The second-order valence-electron chi connectivity index (χ2n) is 6.47. The number of rotatable bonds is 4. The fraction of sp³-hybridized carbons (Fsp3) is 0.588. The van der Waals surface area contributed by atoms with Crippen LogP contribution in [0.2, 0.25) is 0 Å². The molecule has 0 bridgehead atoms. The highest BCUT2D eigenvalue weighted by molar-refractivity contribution is 5.80. The fourth-order valence-corrected chi connectivity index (χ4v) is 2.29. The number of hydrogen-bond donors (Lipinski definition) is 1. The summed E-state index contributed by atoms with van der Waals surface area (Å²) in [5.41, 5.74) is 0.0538. The zero-order chi connectivity index (χ0) is 16.4. The molecule has 1 aliphatic rings. The maximum absolute atomic E-state index is 12.4. The monoisotopic (exact) mass is 308 g/mol. The summed E-state index contributed by atoms with van der Waals surface area (Å²) in [6, 6.07) is 7.72. The summed E-state index contributed by atoms with van der Waals surface area (Å²) in [7, 11) is 0. The van der Waals surface area contributed by atoms with Crippen molar-refractivity contribution in [1.82, 2.24) is 0 Å². The molecular formula is C17H24O5. The van der Waals surface area contributed by atoms with Gasteiger partial charge in [0.1, 0.15) is 6.61 Å². The van der Waals surface area contributed by atoms with E-state index >= 15 is 0 Å². The molecule has 2 atom stereocenters. The van der Waals surface area contributed by atoms with Crippen molar-refractivity contribution in [3.63, 3.8) is 0 Å². The molecule has 122 valence electrons. The van der Waals surface area contributed by atoms with E-state index in [0.717, 1.165) is 11.1 Å². The maximum atomic E-state index is 12.4. The second kappa shape index (κ2) is 6.36. The summed E-state index contributed by atoms with van der Waals surface area (Å²) in [4.78, 5) is 12.4. The van der Waals surface area contributed by atoms with Crippen molar-refractivity contribution >= 4 is 5.97 Å². The largest absolute Gasteiger partial charge is 0.459 e. The molecule has 1 heterocycles. The van der Waals surface area contributed by atoms with Crippen LogP contribution in [0.1, 0.15) is 31.9 Å². The van der Waals surface area contributed by atoms with Crippen molar-refractivity contribution in [1.29, 1.82) is 0 Å². The lowest BCUT2D eigenvalue weighted by molar-refractivity contribution is -0.255. The number of esters is 1. The van der Waals surface area contributed by atoms with E-state index in [1.807, 2.05) is 45.0 Å². The number of carbonyl (C=O) groups excluding carboxylic acids is 1. The molecule has 0 spiro atoms. The minimum absolute atomic E-state index is 0.0235. The third kappa shape index (κ3) is 3.66. The predicted molar refractivity (Wildman–Crippen MR) is 81.4 cm³/mol. The van der Waals surface area contributed by atoms with Gasteiger partial charge in [0, 0.05) is 0 Å². The van der Waals surface area contributed by atoms with Gasteiger partial charge in [0.25, 0.3) is 0 Å². The van der Waals surface area contributed by atoms with Gasteiger partial charge in [-0.25, -0.2) is 4.79 Å². The van der Waals surface area contributed by atoms with Crippen molar-refractivity contribution in [3.05, 3.63) is 35.4 Å². The first-order valence-corrected chi connectivity index (χ1v) is 7.44. The van der Waals surface area contributed by atoms with E-state index in [0.29, 0.717) is 0 Å². The van der Waals surface area contributed by atoms with Gasteiger partial charge in [0.15, 0.2) is 0 Å². The zero-order valence-electron chi connectivity index (χ0n) is 13.6. The Morgan fingerprint density at radius 2 is 2.09 bits per heavy atom. The SMILES string of the molecule is Cc1cccc(COC(=O)C2(C(C)O)COC(C)(C)CO2)c1. The summed E-state index contributed by atoms with van der Waals surface area (Å²) in [6.45, 7) is 7.57. The number of aliphatic hydroxyl groups is 1.